The molecule has 1 N–H and O–H groups in total. The third-order valence-electron chi connectivity index (χ3n) is 8.07. The van der Waals surface area contributed by atoms with Crippen LogP contribution in [-0.2, 0) is 4.74 Å². The third-order valence-corrected chi connectivity index (χ3v) is 8.07. The Balaban J connectivity index is 1.12. The Morgan fingerprint density at radius 1 is 1.04 bits per heavy atom. The summed E-state index contributed by atoms with van der Waals surface area (Å²) in [5.41, 5.74) is 1.79. The highest BCUT2D eigenvalue weighted by Crippen LogP contribution is 2.39. The number of nitrogens with zero attached hydrogens (tertiary/aromatic N) is 8. The van der Waals surface area contributed by atoms with Gasteiger partial charge in [0.15, 0.2) is 17.3 Å². The van der Waals surface area contributed by atoms with Gasteiger partial charge in [-0.15, -0.1) is 0 Å². The van der Waals surface area contributed by atoms with Crippen LogP contribution in [0.5, 0.6) is 11.5 Å². The second kappa shape index (κ2) is 11.1. The molecule has 1 saturated carbocycles. The number of halogens is 1. The number of piperazine rings is 1. The van der Waals surface area contributed by atoms with Crippen molar-refractivity contribution < 1.29 is 18.7 Å². The quantitative estimate of drug-likeness (QED) is 0.249. The maximum atomic E-state index is 15.7. The van der Waals surface area contributed by atoms with Crippen LogP contribution in [0.25, 0.3) is 16.7 Å². The van der Waals surface area contributed by atoms with E-state index in [-0.39, 0.29) is 17.8 Å². The van der Waals surface area contributed by atoms with Gasteiger partial charge in [0.05, 0.1) is 17.2 Å². The lowest BCUT2D eigenvalue weighted by Crippen LogP contribution is -2.57. The van der Waals surface area contributed by atoms with E-state index in [0.717, 1.165) is 18.7 Å². The fourth-order valence-corrected chi connectivity index (χ4v) is 5.64. The number of pyridine rings is 2. The predicted molar refractivity (Wildman–Crippen MR) is 166 cm³/mol. The van der Waals surface area contributed by atoms with Crippen molar-refractivity contribution in [1.82, 2.24) is 34.4 Å². The second-order valence-corrected chi connectivity index (χ2v) is 12.5. The lowest BCUT2D eigenvalue weighted by molar-refractivity contribution is 0.0116. The second-order valence-electron chi connectivity index (χ2n) is 12.5. The maximum absolute atomic E-state index is 15.7. The van der Waals surface area contributed by atoms with Crippen molar-refractivity contribution in [3.63, 3.8) is 0 Å². The fourth-order valence-electron chi connectivity index (χ4n) is 5.64. The number of rotatable bonds is 6. The highest BCUT2D eigenvalue weighted by Gasteiger charge is 2.42. The normalized spacial score (nSPS) is 17.1. The summed E-state index contributed by atoms with van der Waals surface area (Å²) in [6.45, 7) is 9.12. The van der Waals surface area contributed by atoms with Gasteiger partial charge in [-0.1, -0.05) is 0 Å². The van der Waals surface area contributed by atoms with E-state index in [9.17, 15) is 4.79 Å². The zero-order chi connectivity index (χ0) is 31.3. The summed E-state index contributed by atoms with van der Waals surface area (Å²) in [5.74, 6) is 2.02. The average molecular weight is 612 g/mol. The number of benzene rings is 1. The Morgan fingerprint density at radius 2 is 1.89 bits per heavy atom. The minimum Gasteiger partial charge on any atom is -0.457 e. The van der Waals surface area contributed by atoms with Crippen LogP contribution in [0.2, 0.25) is 0 Å². The minimum absolute atomic E-state index is 0.0480. The molecule has 0 bridgehead atoms. The number of hydrogen-bond acceptors (Lipinski definition) is 10. The molecule has 232 valence electrons. The lowest BCUT2D eigenvalue weighted by atomic mass is 10.1. The van der Waals surface area contributed by atoms with E-state index in [1.807, 2.05) is 37.8 Å². The van der Waals surface area contributed by atoms with Gasteiger partial charge in [0, 0.05) is 37.5 Å². The summed E-state index contributed by atoms with van der Waals surface area (Å²) < 4.78 is 29.0. The Morgan fingerprint density at radius 3 is 2.69 bits per heavy atom. The molecule has 1 aromatic carbocycles. The van der Waals surface area contributed by atoms with Crippen molar-refractivity contribution in [2.24, 2.45) is 5.92 Å². The topological polar surface area (TPSA) is 123 Å². The van der Waals surface area contributed by atoms with Crippen LogP contribution in [0.15, 0.2) is 55.2 Å². The van der Waals surface area contributed by atoms with Gasteiger partial charge < -0.3 is 24.6 Å². The molecule has 1 aliphatic carbocycles. The van der Waals surface area contributed by atoms with Crippen molar-refractivity contribution in [3.8, 4) is 11.5 Å². The van der Waals surface area contributed by atoms with E-state index in [4.69, 9.17) is 14.5 Å². The summed E-state index contributed by atoms with van der Waals surface area (Å²) >= 11 is 0. The van der Waals surface area contributed by atoms with Crippen molar-refractivity contribution >= 4 is 40.1 Å². The Labute approximate surface area is 259 Å². The number of ether oxygens (including phenoxy) is 2. The number of aromatic nitrogens is 6. The van der Waals surface area contributed by atoms with Crippen LogP contribution in [0.3, 0.4) is 0 Å². The van der Waals surface area contributed by atoms with Gasteiger partial charge >= 0.3 is 6.09 Å². The van der Waals surface area contributed by atoms with E-state index in [2.05, 4.69) is 30.3 Å². The van der Waals surface area contributed by atoms with Crippen LogP contribution < -0.4 is 15.0 Å². The van der Waals surface area contributed by atoms with Gasteiger partial charge in [-0.3, -0.25) is 0 Å². The molecule has 1 aliphatic heterocycles. The van der Waals surface area contributed by atoms with Crippen LogP contribution in [0.1, 0.15) is 39.2 Å². The summed E-state index contributed by atoms with van der Waals surface area (Å²) in [6, 6.07) is 10.7. The molecule has 5 heterocycles. The summed E-state index contributed by atoms with van der Waals surface area (Å²) in [4.78, 5) is 34.9. The molecule has 2 aliphatic rings. The molecule has 4 aromatic heterocycles. The third kappa shape index (κ3) is 5.89. The lowest BCUT2D eigenvalue weighted by Gasteiger charge is -2.42. The number of fused-ring (bicyclic) bond motifs is 2. The molecule has 1 atom stereocenters. The number of carbonyl (C=O) groups is 1. The summed E-state index contributed by atoms with van der Waals surface area (Å²) in [6.07, 6.45) is 6.53. The zero-order valence-corrected chi connectivity index (χ0v) is 25.6. The predicted octanol–water partition coefficient (Wildman–Crippen LogP) is 5.89. The van der Waals surface area contributed by atoms with Crippen LogP contribution >= 0.6 is 0 Å². The van der Waals surface area contributed by atoms with Gasteiger partial charge in [0.1, 0.15) is 41.1 Å². The van der Waals surface area contributed by atoms with Gasteiger partial charge in [-0.25, -0.2) is 33.6 Å². The molecule has 5 aromatic rings. The molecule has 1 amide bonds. The number of hydrogen-bond donors (Lipinski definition) is 1. The SMILES string of the molecule is Cc1c(Oc2ccn3ncnc3c2)ccc(Nc2ncnc3ccc(N4CCN(C(=O)OC(C)(C)C)[C@H](C5CC5)C4)nc23)c1F. The van der Waals surface area contributed by atoms with Crippen LogP contribution in [-0.4, -0.2) is 71.8 Å². The Bertz CT molecular complexity index is 1900. The first kappa shape index (κ1) is 28.7. The zero-order valence-electron chi connectivity index (χ0n) is 25.6. The summed E-state index contributed by atoms with van der Waals surface area (Å²) in [5, 5.41) is 7.21. The molecule has 1 saturated heterocycles. The Kier molecular flexibility index (Phi) is 7.10. The molecular formula is C32H34FN9O3. The van der Waals surface area contributed by atoms with Crippen LogP contribution in [0.4, 0.5) is 26.5 Å². The summed E-state index contributed by atoms with van der Waals surface area (Å²) in [7, 11) is 0. The molecule has 12 nitrogen and oxygen atoms in total. The first-order chi connectivity index (χ1) is 21.6. The van der Waals surface area contributed by atoms with Gasteiger partial charge in [0.2, 0.25) is 0 Å². The van der Waals surface area contributed by atoms with Gasteiger partial charge in [-0.05, 0) is 76.8 Å². The van der Waals surface area contributed by atoms with Crippen molar-refractivity contribution in [3.05, 3.63) is 66.6 Å². The maximum Gasteiger partial charge on any atom is 0.410 e. The first-order valence-electron chi connectivity index (χ1n) is 15.0. The minimum atomic E-state index is -0.551. The molecule has 45 heavy (non-hydrogen) atoms. The molecule has 13 heteroatoms. The van der Waals surface area contributed by atoms with Gasteiger partial charge in [-0.2, -0.15) is 5.10 Å². The van der Waals surface area contributed by atoms with E-state index < -0.39 is 11.4 Å². The molecular weight excluding hydrogens is 577 g/mol. The van der Waals surface area contributed by atoms with Crippen molar-refractivity contribution in [1.29, 1.82) is 0 Å². The van der Waals surface area contributed by atoms with E-state index in [1.165, 1.54) is 12.7 Å². The fraction of sp³-hybridized carbons (Fsp3) is 0.375. The highest BCUT2D eigenvalue weighted by molar-refractivity contribution is 5.88. The number of amides is 1. The van der Waals surface area contributed by atoms with Crippen molar-refractivity contribution in [2.45, 2.75) is 52.2 Å². The Hall–Kier alpha value is -5.07. The average Bonchev–Trinajstić information content (AvgIpc) is 3.76. The van der Waals surface area contributed by atoms with E-state index in [0.29, 0.717) is 65.1 Å². The van der Waals surface area contributed by atoms with Crippen molar-refractivity contribution in [2.75, 3.05) is 29.9 Å². The smallest absolute Gasteiger partial charge is 0.410 e. The van der Waals surface area contributed by atoms with E-state index in [1.54, 1.807) is 41.9 Å². The molecule has 7 rings (SSSR count). The van der Waals surface area contributed by atoms with Crippen LogP contribution in [0, 0.1) is 18.7 Å². The number of carbonyl (C=O) groups excluding carboxylic acids is 1. The monoisotopic (exact) mass is 611 g/mol. The van der Waals surface area contributed by atoms with Gasteiger partial charge in [0.25, 0.3) is 0 Å². The standard InChI is InChI=1S/C32H34FN9O3/c1-19-25(44-21-11-12-42-27(15-21)35-18-37-42)9-7-22(28(19)33)38-30-29-23(34-17-36-30)8-10-26(39-29)40-13-14-41(24(16-40)20-5-6-20)31(43)45-32(2,3)4/h7-12,15,17-18,20,24H,5-6,13-14,16H2,1-4H3,(H,34,36,38)/t24-/m0/s1. The van der Waals surface area contributed by atoms with E-state index >= 15 is 4.39 Å². The first-order valence-corrected chi connectivity index (χ1v) is 15.0. The molecule has 0 spiro atoms. The number of anilines is 3. The largest absolute Gasteiger partial charge is 0.457 e. The molecule has 0 unspecified atom stereocenters. The molecule has 2 fully saturated rings. The number of nitrogens with one attached hydrogen (secondary N) is 1. The highest BCUT2D eigenvalue weighted by atomic mass is 19.1. The molecule has 0 radical (unpaired) electrons.